The molecule has 3 aromatic rings. The van der Waals surface area contributed by atoms with E-state index in [0.29, 0.717) is 23.0 Å². The molecule has 0 aliphatic heterocycles. The van der Waals surface area contributed by atoms with Crippen LogP contribution < -0.4 is 16.0 Å². The van der Waals surface area contributed by atoms with Crippen molar-refractivity contribution in [1.29, 1.82) is 5.41 Å². The van der Waals surface area contributed by atoms with E-state index in [1.807, 2.05) is 25.1 Å². The zero-order valence-electron chi connectivity index (χ0n) is 19.6. The highest BCUT2D eigenvalue weighted by Crippen LogP contribution is 2.28. The van der Waals surface area contributed by atoms with Gasteiger partial charge in [-0.1, -0.05) is 43.2 Å². The molecule has 2 heterocycles. The van der Waals surface area contributed by atoms with Crippen molar-refractivity contribution in [2.75, 3.05) is 10.6 Å². The normalized spacial score (nSPS) is 17.6. The number of hydrogen-bond donors (Lipinski definition) is 4. The summed E-state index contributed by atoms with van der Waals surface area (Å²) in [6.07, 6.45) is 11.2. The molecule has 0 spiro atoms. The average Bonchev–Trinajstić information content (AvgIpc) is 2.85. The second-order valence-electron chi connectivity index (χ2n) is 8.89. The number of pyridine rings is 2. The van der Waals surface area contributed by atoms with E-state index in [2.05, 4.69) is 50.2 Å². The number of carbonyl (C=O) groups excluding carboxylic acids is 1. The van der Waals surface area contributed by atoms with Crippen molar-refractivity contribution in [3.63, 3.8) is 0 Å². The van der Waals surface area contributed by atoms with Crippen LogP contribution in [0.4, 0.5) is 22.0 Å². The molecule has 1 aromatic carbocycles. The van der Waals surface area contributed by atoms with Gasteiger partial charge in [-0.15, -0.1) is 0 Å². The van der Waals surface area contributed by atoms with E-state index in [9.17, 15) is 4.79 Å². The van der Waals surface area contributed by atoms with Gasteiger partial charge in [-0.2, -0.15) is 0 Å². The number of benzene rings is 1. The fourth-order valence-electron chi connectivity index (χ4n) is 4.60. The molecule has 4 N–H and O–H groups in total. The van der Waals surface area contributed by atoms with Crippen LogP contribution in [0.15, 0.2) is 60.9 Å². The van der Waals surface area contributed by atoms with Gasteiger partial charge in [-0.25, -0.2) is 9.78 Å². The van der Waals surface area contributed by atoms with Crippen LogP contribution in [0, 0.1) is 18.3 Å². The molecule has 1 aliphatic carbocycles. The van der Waals surface area contributed by atoms with Gasteiger partial charge in [0.2, 0.25) is 0 Å². The summed E-state index contributed by atoms with van der Waals surface area (Å²) in [4.78, 5) is 21.3. The lowest BCUT2D eigenvalue weighted by Crippen LogP contribution is -2.44. The first-order valence-electron chi connectivity index (χ1n) is 11.9. The van der Waals surface area contributed by atoms with Crippen LogP contribution >= 0.6 is 0 Å². The van der Waals surface area contributed by atoms with E-state index in [4.69, 9.17) is 5.41 Å². The number of anilines is 3. The zero-order valence-corrected chi connectivity index (χ0v) is 19.6. The monoisotopic (exact) mass is 460 g/mol. The van der Waals surface area contributed by atoms with Crippen molar-refractivity contribution in [2.24, 2.45) is 5.92 Å². The van der Waals surface area contributed by atoms with Gasteiger partial charge in [0.25, 0.3) is 0 Å². The second kappa shape index (κ2) is 11.4. The Morgan fingerprint density at radius 1 is 1.15 bits per heavy atom. The largest absolute Gasteiger partial charge is 0.354 e. The molecule has 0 saturated heterocycles. The predicted molar refractivity (Wildman–Crippen MR) is 141 cm³/mol. The molecule has 0 bridgehead atoms. The van der Waals surface area contributed by atoms with Crippen LogP contribution in [-0.4, -0.2) is 28.3 Å². The summed E-state index contributed by atoms with van der Waals surface area (Å²) in [6.45, 7) is 1.92. The number of urea groups is 1. The minimum absolute atomic E-state index is 0. The standard InChI is InChI=1S/C27H32N6O.2H2/c1-19-15-23(13-14-29-19)31-25-18-30-26(16-22(25)17-28)33-27(34)32-24-10-6-5-9-21(24)12-11-20-7-3-2-4-8-20;;/h2-4,7-8,13-18,21,24,28H,5-6,9-12H2,1H3,(H,29,31)(H2,30,32,33,34);2*1H/t21-,24+;;/m1../s1. The van der Waals surface area contributed by atoms with Gasteiger partial charge in [0.15, 0.2) is 0 Å². The first-order chi connectivity index (χ1) is 16.6. The Balaban J connectivity index is 0.00000228. The number of amides is 2. The van der Waals surface area contributed by atoms with E-state index in [1.165, 1.54) is 18.2 Å². The van der Waals surface area contributed by atoms with Gasteiger partial charge in [-0.3, -0.25) is 10.3 Å². The van der Waals surface area contributed by atoms with Gasteiger partial charge in [0.1, 0.15) is 5.82 Å². The van der Waals surface area contributed by atoms with Crippen molar-refractivity contribution in [3.8, 4) is 0 Å². The van der Waals surface area contributed by atoms with Crippen molar-refractivity contribution in [1.82, 2.24) is 15.3 Å². The van der Waals surface area contributed by atoms with Crippen molar-refractivity contribution in [3.05, 3.63) is 77.7 Å². The first-order valence-corrected chi connectivity index (χ1v) is 11.9. The third kappa shape index (κ3) is 6.41. The smallest absolute Gasteiger partial charge is 0.320 e. The number of aryl methyl sites for hydroxylation is 2. The van der Waals surface area contributed by atoms with Crippen molar-refractivity contribution in [2.45, 2.75) is 51.5 Å². The van der Waals surface area contributed by atoms with Gasteiger partial charge >= 0.3 is 6.03 Å². The van der Waals surface area contributed by atoms with Crippen LogP contribution in [0.3, 0.4) is 0 Å². The third-order valence-electron chi connectivity index (χ3n) is 6.38. The number of rotatable bonds is 8. The predicted octanol–water partition coefficient (Wildman–Crippen LogP) is 6.33. The molecular weight excluding hydrogens is 424 g/mol. The molecule has 1 aliphatic rings. The molecule has 2 amide bonds. The van der Waals surface area contributed by atoms with Crippen molar-refractivity contribution < 1.29 is 7.65 Å². The maximum atomic E-state index is 12.8. The van der Waals surface area contributed by atoms with Crippen LogP contribution in [0.25, 0.3) is 0 Å². The Morgan fingerprint density at radius 2 is 1.97 bits per heavy atom. The van der Waals surface area contributed by atoms with Crippen molar-refractivity contribution >= 4 is 29.4 Å². The summed E-state index contributed by atoms with van der Waals surface area (Å²) in [5.74, 6) is 0.893. The van der Waals surface area contributed by atoms with E-state index < -0.39 is 0 Å². The molecule has 1 fully saturated rings. The minimum atomic E-state index is -0.245. The Morgan fingerprint density at radius 3 is 2.76 bits per heavy atom. The van der Waals surface area contributed by atoms with E-state index >= 15 is 0 Å². The summed E-state index contributed by atoms with van der Waals surface area (Å²) in [6, 6.07) is 15.9. The summed E-state index contributed by atoms with van der Waals surface area (Å²) < 4.78 is 0. The highest BCUT2D eigenvalue weighted by molar-refractivity contribution is 5.92. The fraction of sp³-hybridized carbons (Fsp3) is 0.333. The topological polar surface area (TPSA) is 103 Å². The summed E-state index contributed by atoms with van der Waals surface area (Å²) in [5, 5.41) is 17.1. The number of aromatic nitrogens is 2. The lowest BCUT2D eigenvalue weighted by atomic mass is 9.81. The van der Waals surface area contributed by atoms with E-state index in [0.717, 1.165) is 43.5 Å². The van der Waals surface area contributed by atoms with E-state index in [1.54, 1.807) is 18.5 Å². The first kappa shape index (κ1) is 23.4. The van der Waals surface area contributed by atoms with Crippen LogP contribution in [0.5, 0.6) is 0 Å². The number of nitrogens with zero attached hydrogens (tertiary/aromatic N) is 2. The molecule has 0 unspecified atom stereocenters. The summed E-state index contributed by atoms with van der Waals surface area (Å²) in [7, 11) is 0. The SMILES string of the molecule is Cc1cc(Nc2cnc(NC(=O)N[C@H]3CCCC[C@@H]3CCc3ccccc3)cc2C=N)ccn1.[HH].[HH]. The molecule has 34 heavy (non-hydrogen) atoms. The molecule has 4 rings (SSSR count). The van der Waals surface area contributed by atoms with Gasteiger partial charge in [0, 0.05) is 38.3 Å². The minimum Gasteiger partial charge on any atom is -0.354 e. The third-order valence-corrected chi connectivity index (χ3v) is 6.38. The summed E-state index contributed by atoms with van der Waals surface area (Å²) in [5.41, 5.74) is 4.44. The molecular formula is C27H36N6O. The highest BCUT2D eigenvalue weighted by Gasteiger charge is 2.26. The number of hydrogen-bond acceptors (Lipinski definition) is 5. The highest BCUT2D eigenvalue weighted by atomic mass is 16.2. The van der Waals surface area contributed by atoms with Gasteiger partial charge in [0.05, 0.1) is 11.9 Å². The number of carbonyl (C=O) groups is 1. The molecule has 1 saturated carbocycles. The quantitative estimate of drug-likeness (QED) is 0.295. The molecule has 7 heteroatoms. The Hall–Kier alpha value is -3.74. The van der Waals surface area contributed by atoms with E-state index in [-0.39, 0.29) is 14.9 Å². The maximum Gasteiger partial charge on any atom is 0.320 e. The van der Waals surface area contributed by atoms with Crippen LogP contribution in [0.1, 0.15) is 51.8 Å². The Bertz CT molecular complexity index is 1130. The summed E-state index contributed by atoms with van der Waals surface area (Å²) >= 11 is 0. The second-order valence-corrected chi connectivity index (χ2v) is 8.89. The zero-order chi connectivity index (χ0) is 23.8. The molecule has 2 atom stereocenters. The fourth-order valence-corrected chi connectivity index (χ4v) is 4.60. The van der Waals surface area contributed by atoms with Gasteiger partial charge in [-0.05, 0) is 62.3 Å². The number of nitrogens with one attached hydrogen (secondary N) is 4. The van der Waals surface area contributed by atoms with Crippen LogP contribution in [0.2, 0.25) is 0 Å². The van der Waals surface area contributed by atoms with Crippen LogP contribution in [-0.2, 0) is 6.42 Å². The molecule has 180 valence electrons. The molecule has 2 aromatic heterocycles. The molecule has 7 nitrogen and oxygen atoms in total. The Labute approximate surface area is 203 Å². The Kier molecular flexibility index (Phi) is 7.86. The van der Waals surface area contributed by atoms with Gasteiger partial charge < -0.3 is 16.0 Å². The lowest BCUT2D eigenvalue weighted by molar-refractivity contribution is 0.223. The lowest BCUT2D eigenvalue weighted by Gasteiger charge is -2.32. The average molecular weight is 461 g/mol. The molecule has 0 radical (unpaired) electrons. The maximum absolute atomic E-state index is 12.8.